The molecule has 3 heterocycles. The Kier molecular flexibility index (Phi) is 1.94. The Morgan fingerprint density at radius 1 is 1.47 bits per heavy atom. The molecule has 17 heavy (non-hydrogen) atoms. The summed E-state index contributed by atoms with van der Waals surface area (Å²) < 4.78 is 6.77. The SMILES string of the molecule is Cn1ccc(-c2noc(-c3cn[nH]c3N)n2)n1. The van der Waals surface area contributed by atoms with Crippen LogP contribution in [0.2, 0.25) is 0 Å². The first-order valence-corrected chi connectivity index (χ1v) is 4.87. The van der Waals surface area contributed by atoms with Crippen molar-refractivity contribution < 1.29 is 4.52 Å². The average molecular weight is 231 g/mol. The molecule has 3 N–H and O–H groups in total. The van der Waals surface area contributed by atoms with Crippen molar-refractivity contribution in [2.75, 3.05) is 5.73 Å². The Balaban J connectivity index is 2.01. The number of hydrogen-bond acceptors (Lipinski definition) is 6. The summed E-state index contributed by atoms with van der Waals surface area (Å²) in [5, 5.41) is 14.4. The summed E-state index contributed by atoms with van der Waals surface area (Å²) in [4.78, 5) is 4.20. The lowest BCUT2D eigenvalue weighted by Gasteiger charge is -1.87. The third kappa shape index (κ3) is 1.55. The van der Waals surface area contributed by atoms with Crippen LogP contribution in [0.5, 0.6) is 0 Å². The summed E-state index contributed by atoms with van der Waals surface area (Å²) in [5.41, 5.74) is 6.89. The van der Waals surface area contributed by atoms with Crippen molar-refractivity contribution in [1.29, 1.82) is 0 Å². The fraction of sp³-hybridized carbons (Fsp3) is 0.111. The summed E-state index contributed by atoms with van der Waals surface area (Å²) in [6.45, 7) is 0. The van der Waals surface area contributed by atoms with Gasteiger partial charge in [-0.2, -0.15) is 15.2 Å². The molecular formula is C9H9N7O. The van der Waals surface area contributed by atoms with Gasteiger partial charge >= 0.3 is 0 Å². The Morgan fingerprint density at radius 3 is 3.00 bits per heavy atom. The summed E-state index contributed by atoms with van der Waals surface area (Å²) in [6, 6.07) is 1.80. The van der Waals surface area contributed by atoms with Crippen molar-refractivity contribution in [3.63, 3.8) is 0 Å². The largest absolute Gasteiger partial charge is 0.383 e. The molecule has 0 fully saturated rings. The molecule has 0 aliphatic heterocycles. The van der Waals surface area contributed by atoms with Gasteiger partial charge in [-0.05, 0) is 6.07 Å². The van der Waals surface area contributed by atoms with Crippen LogP contribution in [0.4, 0.5) is 5.82 Å². The quantitative estimate of drug-likeness (QED) is 0.662. The van der Waals surface area contributed by atoms with Crippen LogP contribution >= 0.6 is 0 Å². The van der Waals surface area contributed by atoms with Crippen LogP contribution in [0.25, 0.3) is 23.0 Å². The molecular weight excluding hydrogens is 222 g/mol. The first kappa shape index (κ1) is 9.58. The van der Waals surface area contributed by atoms with E-state index >= 15 is 0 Å². The summed E-state index contributed by atoms with van der Waals surface area (Å²) >= 11 is 0. The van der Waals surface area contributed by atoms with Crippen molar-refractivity contribution in [1.82, 2.24) is 30.1 Å². The van der Waals surface area contributed by atoms with Crippen LogP contribution in [-0.4, -0.2) is 30.1 Å². The van der Waals surface area contributed by atoms with E-state index in [1.807, 2.05) is 7.05 Å². The van der Waals surface area contributed by atoms with Gasteiger partial charge in [0, 0.05) is 13.2 Å². The maximum atomic E-state index is 5.66. The van der Waals surface area contributed by atoms with Gasteiger partial charge in [-0.25, -0.2) is 0 Å². The number of nitrogens with two attached hydrogens (primary N) is 1. The number of nitrogen functional groups attached to an aromatic ring is 1. The van der Waals surface area contributed by atoms with Crippen molar-refractivity contribution >= 4 is 5.82 Å². The average Bonchev–Trinajstić information content (AvgIpc) is 2.97. The van der Waals surface area contributed by atoms with E-state index in [9.17, 15) is 0 Å². The van der Waals surface area contributed by atoms with Crippen LogP contribution in [0.3, 0.4) is 0 Å². The molecule has 0 aliphatic rings. The van der Waals surface area contributed by atoms with E-state index in [0.29, 0.717) is 28.8 Å². The van der Waals surface area contributed by atoms with Crippen LogP contribution < -0.4 is 5.73 Å². The van der Waals surface area contributed by atoms with E-state index in [0.717, 1.165) is 0 Å². The zero-order valence-corrected chi connectivity index (χ0v) is 8.95. The highest BCUT2D eigenvalue weighted by Crippen LogP contribution is 2.23. The number of aryl methyl sites for hydroxylation is 1. The number of nitrogens with one attached hydrogen (secondary N) is 1. The predicted octanol–water partition coefficient (Wildman–Crippen LogP) is 0.442. The molecule has 3 aromatic heterocycles. The smallest absolute Gasteiger partial charge is 0.263 e. The molecule has 86 valence electrons. The monoisotopic (exact) mass is 231 g/mol. The molecule has 0 atom stereocenters. The number of H-pyrrole nitrogens is 1. The highest BCUT2D eigenvalue weighted by Gasteiger charge is 2.15. The maximum absolute atomic E-state index is 5.66. The topological polar surface area (TPSA) is 111 Å². The van der Waals surface area contributed by atoms with Gasteiger partial charge in [0.15, 0.2) is 0 Å². The van der Waals surface area contributed by atoms with E-state index in [1.54, 1.807) is 16.9 Å². The number of aromatic nitrogens is 6. The van der Waals surface area contributed by atoms with Gasteiger partial charge in [0.05, 0.1) is 6.20 Å². The highest BCUT2D eigenvalue weighted by molar-refractivity contribution is 5.66. The van der Waals surface area contributed by atoms with Gasteiger partial charge in [-0.15, -0.1) is 0 Å². The minimum Gasteiger partial charge on any atom is -0.383 e. The molecule has 8 heteroatoms. The summed E-state index contributed by atoms with van der Waals surface area (Å²) in [5.74, 6) is 1.12. The number of aromatic amines is 1. The first-order valence-electron chi connectivity index (χ1n) is 4.87. The third-order valence-corrected chi connectivity index (χ3v) is 2.27. The first-order chi connectivity index (χ1) is 8.24. The molecule has 0 unspecified atom stereocenters. The van der Waals surface area contributed by atoms with E-state index in [-0.39, 0.29) is 0 Å². The second-order valence-corrected chi connectivity index (χ2v) is 3.50. The minimum atomic E-state index is 0.317. The second-order valence-electron chi connectivity index (χ2n) is 3.50. The fourth-order valence-electron chi connectivity index (χ4n) is 1.44. The van der Waals surface area contributed by atoms with Gasteiger partial charge in [-0.1, -0.05) is 5.16 Å². The predicted molar refractivity (Wildman–Crippen MR) is 58.5 cm³/mol. The van der Waals surface area contributed by atoms with Gasteiger partial charge < -0.3 is 10.3 Å². The summed E-state index contributed by atoms with van der Waals surface area (Å²) in [6.07, 6.45) is 3.34. The number of rotatable bonds is 2. The van der Waals surface area contributed by atoms with Crippen molar-refractivity contribution in [2.45, 2.75) is 0 Å². The molecule has 3 rings (SSSR count). The molecule has 0 aromatic carbocycles. The molecule has 0 saturated carbocycles. The Hall–Kier alpha value is -2.64. The molecule has 0 aliphatic carbocycles. The van der Waals surface area contributed by atoms with Gasteiger partial charge in [0.2, 0.25) is 5.82 Å². The van der Waals surface area contributed by atoms with Crippen molar-refractivity contribution in [3.05, 3.63) is 18.5 Å². The van der Waals surface area contributed by atoms with Crippen molar-refractivity contribution in [3.8, 4) is 23.0 Å². The molecule has 0 amide bonds. The van der Waals surface area contributed by atoms with E-state index in [2.05, 4.69) is 25.4 Å². The molecule has 8 nitrogen and oxygen atoms in total. The molecule has 0 spiro atoms. The Morgan fingerprint density at radius 2 is 2.35 bits per heavy atom. The number of hydrogen-bond donors (Lipinski definition) is 2. The van der Waals surface area contributed by atoms with E-state index < -0.39 is 0 Å². The van der Waals surface area contributed by atoms with Crippen LogP contribution in [0.1, 0.15) is 0 Å². The van der Waals surface area contributed by atoms with E-state index in [1.165, 1.54) is 6.20 Å². The standard InChI is InChI=1S/C9H9N7O/c1-16-3-2-6(14-16)8-12-9(17-15-8)5-4-11-13-7(5)10/h2-4H,1H3,(H3,10,11,13). The molecule has 3 aromatic rings. The molecule has 0 radical (unpaired) electrons. The lowest BCUT2D eigenvalue weighted by Crippen LogP contribution is -1.89. The molecule has 0 saturated heterocycles. The zero-order chi connectivity index (χ0) is 11.8. The van der Waals surface area contributed by atoms with Gasteiger partial charge in [-0.3, -0.25) is 9.78 Å². The minimum absolute atomic E-state index is 0.317. The van der Waals surface area contributed by atoms with Gasteiger partial charge in [0.1, 0.15) is 17.1 Å². The highest BCUT2D eigenvalue weighted by atomic mass is 16.5. The number of nitrogens with zero attached hydrogens (tertiary/aromatic N) is 5. The van der Waals surface area contributed by atoms with E-state index in [4.69, 9.17) is 10.3 Å². The zero-order valence-electron chi connectivity index (χ0n) is 8.95. The normalized spacial score (nSPS) is 10.9. The number of anilines is 1. The van der Waals surface area contributed by atoms with Crippen molar-refractivity contribution in [2.24, 2.45) is 7.05 Å². The Labute approximate surface area is 95.4 Å². The van der Waals surface area contributed by atoms with Crippen LogP contribution in [0.15, 0.2) is 23.0 Å². The third-order valence-electron chi connectivity index (χ3n) is 2.27. The molecule has 0 bridgehead atoms. The Bertz CT molecular complexity index is 650. The van der Waals surface area contributed by atoms with Crippen LogP contribution in [-0.2, 0) is 7.05 Å². The fourth-order valence-corrected chi connectivity index (χ4v) is 1.44. The summed E-state index contributed by atoms with van der Waals surface area (Å²) in [7, 11) is 1.82. The second kappa shape index (κ2) is 3.44. The lowest BCUT2D eigenvalue weighted by molar-refractivity contribution is 0.432. The van der Waals surface area contributed by atoms with Crippen LogP contribution in [0, 0.1) is 0 Å². The van der Waals surface area contributed by atoms with Gasteiger partial charge in [0.25, 0.3) is 5.89 Å². The lowest BCUT2D eigenvalue weighted by atomic mass is 10.3. The maximum Gasteiger partial charge on any atom is 0.263 e.